The molecule has 3 aromatic heterocycles. The molecule has 2 N–H and O–H groups in total. The highest BCUT2D eigenvalue weighted by molar-refractivity contribution is 5.90. The Kier molecular flexibility index (Phi) is 6.46. The van der Waals surface area contributed by atoms with E-state index in [0.29, 0.717) is 30.1 Å². The van der Waals surface area contributed by atoms with Crippen molar-refractivity contribution < 1.29 is 0 Å². The molecule has 0 spiro atoms. The van der Waals surface area contributed by atoms with Gasteiger partial charge in [0.1, 0.15) is 29.0 Å². The Hall–Kier alpha value is -4.85. The molecule has 1 fully saturated rings. The van der Waals surface area contributed by atoms with Gasteiger partial charge in [0.05, 0.1) is 35.4 Å². The van der Waals surface area contributed by atoms with Gasteiger partial charge in [0.2, 0.25) is 0 Å². The van der Waals surface area contributed by atoms with Gasteiger partial charge in [0.15, 0.2) is 0 Å². The summed E-state index contributed by atoms with van der Waals surface area (Å²) in [6, 6.07) is 13.4. The van der Waals surface area contributed by atoms with Crippen molar-refractivity contribution in [1.29, 1.82) is 10.5 Å². The van der Waals surface area contributed by atoms with E-state index in [4.69, 9.17) is 5.73 Å². The highest BCUT2D eigenvalue weighted by Crippen LogP contribution is 2.32. The lowest BCUT2D eigenvalue weighted by molar-refractivity contribution is 0.499. The molecule has 38 heavy (non-hydrogen) atoms. The van der Waals surface area contributed by atoms with Gasteiger partial charge >= 0.3 is 5.69 Å². The van der Waals surface area contributed by atoms with Gasteiger partial charge in [-0.15, -0.1) is 5.92 Å². The molecule has 0 saturated carbocycles. The number of aromatic nitrogens is 4. The lowest BCUT2D eigenvalue weighted by Crippen LogP contribution is -2.44. The van der Waals surface area contributed by atoms with Crippen LogP contribution in [0.2, 0.25) is 0 Å². The molecular weight excluding hydrogens is 480 g/mol. The van der Waals surface area contributed by atoms with Gasteiger partial charge in [0, 0.05) is 31.6 Å². The molecule has 1 saturated heterocycles. The molecule has 10 heteroatoms. The normalized spacial score (nSPS) is 15.2. The third-order valence-electron chi connectivity index (χ3n) is 7.03. The molecule has 1 atom stereocenters. The van der Waals surface area contributed by atoms with Crippen LogP contribution < -0.4 is 21.9 Å². The predicted octanol–water partition coefficient (Wildman–Crippen LogP) is 1.79. The van der Waals surface area contributed by atoms with Crippen LogP contribution in [0.1, 0.15) is 36.6 Å². The molecule has 5 rings (SSSR count). The van der Waals surface area contributed by atoms with Crippen LogP contribution in [0, 0.1) is 34.5 Å². The van der Waals surface area contributed by atoms with Crippen molar-refractivity contribution in [1.82, 2.24) is 18.7 Å². The van der Waals surface area contributed by atoms with Gasteiger partial charge in [0.25, 0.3) is 5.56 Å². The number of benzene rings is 1. The third kappa shape index (κ3) is 4.00. The molecule has 0 radical (unpaired) electrons. The van der Waals surface area contributed by atoms with E-state index in [1.807, 2.05) is 29.2 Å². The van der Waals surface area contributed by atoms with Gasteiger partial charge in [-0.25, -0.2) is 9.78 Å². The Morgan fingerprint density at radius 1 is 1.13 bits per heavy atom. The molecule has 0 amide bonds. The van der Waals surface area contributed by atoms with E-state index in [1.165, 1.54) is 4.57 Å². The van der Waals surface area contributed by atoms with E-state index in [1.54, 1.807) is 24.6 Å². The SMILES string of the molecule is CC#CCn1c(N2CCC[C@@H](N)C2)c(C#N)c2c1c(=O)n(Cc1nc3ccccc3cc1C#N)c(=O)n2C. The molecule has 1 aliphatic heterocycles. The zero-order valence-electron chi connectivity index (χ0n) is 21.2. The summed E-state index contributed by atoms with van der Waals surface area (Å²) in [5, 5.41) is 20.8. The molecule has 1 aliphatic rings. The van der Waals surface area contributed by atoms with Crippen LogP contribution in [0.4, 0.5) is 5.82 Å². The second-order valence-electron chi connectivity index (χ2n) is 9.39. The number of rotatable bonds is 4. The van der Waals surface area contributed by atoms with Crippen molar-refractivity contribution in [2.75, 3.05) is 18.0 Å². The van der Waals surface area contributed by atoms with E-state index in [0.717, 1.165) is 22.8 Å². The zero-order chi connectivity index (χ0) is 27.0. The quantitative estimate of drug-likeness (QED) is 0.416. The van der Waals surface area contributed by atoms with Gasteiger partial charge in [-0.3, -0.25) is 13.9 Å². The van der Waals surface area contributed by atoms with Gasteiger partial charge < -0.3 is 15.2 Å². The Balaban J connectivity index is 1.79. The van der Waals surface area contributed by atoms with Crippen LogP contribution in [0.15, 0.2) is 39.9 Å². The fourth-order valence-electron chi connectivity index (χ4n) is 5.24. The Morgan fingerprint density at radius 2 is 1.92 bits per heavy atom. The monoisotopic (exact) mass is 506 g/mol. The first-order chi connectivity index (χ1) is 18.4. The topological polar surface area (TPSA) is 139 Å². The van der Waals surface area contributed by atoms with E-state index in [2.05, 4.69) is 29.0 Å². The molecule has 0 aliphatic carbocycles. The minimum Gasteiger partial charge on any atom is -0.355 e. The summed E-state index contributed by atoms with van der Waals surface area (Å²) in [4.78, 5) is 34.1. The summed E-state index contributed by atoms with van der Waals surface area (Å²) >= 11 is 0. The van der Waals surface area contributed by atoms with Crippen LogP contribution in [0.5, 0.6) is 0 Å². The maximum absolute atomic E-state index is 14.0. The van der Waals surface area contributed by atoms with E-state index in [-0.39, 0.29) is 41.3 Å². The molecule has 4 heterocycles. The summed E-state index contributed by atoms with van der Waals surface area (Å²) in [6.07, 6.45) is 1.72. The van der Waals surface area contributed by atoms with Crippen molar-refractivity contribution in [3.63, 3.8) is 0 Å². The number of para-hydroxylation sites is 1. The van der Waals surface area contributed by atoms with Crippen LogP contribution in [-0.4, -0.2) is 37.8 Å². The van der Waals surface area contributed by atoms with Gasteiger partial charge in [-0.1, -0.05) is 24.1 Å². The summed E-state index contributed by atoms with van der Waals surface area (Å²) in [5.74, 6) is 6.42. The van der Waals surface area contributed by atoms with Crippen molar-refractivity contribution >= 4 is 27.8 Å². The summed E-state index contributed by atoms with van der Waals surface area (Å²) in [6.45, 7) is 2.88. The second-order valence-corrected chi connectivity index (χ2v) is 9.39. The molecule has 10 nitrogen and oxygen atoms in total. The summed E-state index contributed by atoms with van der Waals surface area (Å²) < 4.78 is 4.12. The fraction of sp³-hybridized carbons (Fsp3) is 0.321. The number of aryl methyl sites for hydroxylation is 1. The molecule has 1 aromatic carbocycles. The lowest BCUT2D eigenvalue weighted by atomic mass is 10.1. The highest BCUT2D eigenvalue weighted by atomic mass is 16.2. The number of nitrogens with zero attached hydrogens (tertiary/aromatic N) is 7. The molecular formula is C28H26N8O2. The van der Waals surface area contributed by atoms with E-state index >= 15 is 0 Å². The molecule has 190 valence electrons. The highest BCUT2D eigenvalue weighted by Gasteiger charge is 2.30. The van der Waals surface area contributed by atoms with E-state index in [9.17, 15) is 20.1 Å². The molecule has 4 aromatic rings. The number of pyridine rings is 1. The molecule has 0 unspecified atom stereocenters. The first-order valence-electron chi connectivity index (χ1n) is 12.3. The lowest BCUT2D eigenvalue weighted by Gasteiger charge is -2.33. The predicted molar refractivity (Wildman–Crippen MR) is 145 cm³/mol. The standard InChI is InChI=1S/C28H26N8O2/c1-3-4-12-35-25-24(21(15-30)26(35)34-11-7-9-20(31)16-34)33(2)28(38)36(27(25)37)17-23-19(14-29)13-18-8-5-6-10-22(18)32-23/h5-6,8,10,13,20H,7,9,11-12,16-17,31H2,1-2H3/t20-/m1/s1. The average Bonchev–Trinajstić information content (AvgIpc) is 3.26. The number of hydrogen-bond donors (Lipinski definition) is 1. The minimum absolute atomic E-state index is 0.0668. The van der Waals surface area contributed by atoms with Crippen LogP contribution in [0.3, 0.4) is 0 Å². The number of nitrogens with two attached hydrogens (primary N) is 1. The van der Waals surface area contributed by atoms with Crippen LogP contribution >= 0.6 is 0 Å². The third-order valence-corrected chi connectivity index (χ3v) is 7.03. The first kappa shape index (κ1) is 24.8. The maximum Gasteiger partial charge on any atom is 0.331 e. The van der Waals surface area contributed by atoms with Crippen LogP contribution in [0.25, 0.3) is 21.9 Å². The van der Waals surface area contributed by atoms with Crippen molar-refractivity contribution in [3.05, 3.63) is 68.0 Å². The summed E-state index contributed by atoms with van der Waals surface area (Å²) in [7, 11) is 1.54. The van der Waals surface area contributed by atoms with E-state index < -0.39 is 11.2 Å². The van der Waals surface area contributed by atoms with Crippen LogP contribution in [-0.2, 0) is 20.1 Å². The Morgan fingerprint density at radius 3 is 2.63 bits per heavy atom. The van der Waals surface area contributed by atoms with Crippen molar-refractivity contribution in [2.45, 2.75) is 38.9 Å². The molecule has 0 bridgehead atoms. The largest absolute Gasteiger partial charge is 0.355 e. The smallest absolute Gasteiger partial charge is 0.331 e. The fourth-order valence-corrected chi connectivity index (χ4v) is 5.24. The number of anilines is 1. The Bertz CT molecular complexity index is 1850. The minimum atomic E-state index is -0.599. The second kappa shape index (κ2) is 9.89. The average molecular weight is 507 g/mol. The van der Waals surface area contributed by atoms with Gasteiger partial charge in [-0.05, 0) is 31.9 Å². The maximum atomic E-state index is 14.0. The number of hydrogen-bond acceptors (Lipinski definition) is 7. The first-order valence-corrected chi connectivity index (χ1v) is 12.3. The Labute approximate surface area is 218 Å². The number of piperidine rings is 1. The van der Waals surface area contributed by atoms with Crippen molar-refractivity contribution in [2.24, 2.45) is 12.8 Å². The van der Waals surface area contributed by atoms with Crippen molar-refractivity contribution in [3.8, 4) is 24.0 Å². The summed E-state index contributed by atoms with van der Waals surface area (Å²) in [5.41, 5.74) is 7.05. The van der Waals surface area contributed by atoms with Gasteiger partial charge in [-0.2, -0.15) is 10.5 Å². The number of nitriles is 2. The zero-order valence-corrected chi connectivity index (χ0v) is 21.2. The number of fused-ring (bicyclic) bond motifs is 2.